The van der Waals surface area contributed by atoms with Gasteiger partial charge >= 0.3 is 0 Å². The lowest BCUT2D eigenvalue weighted by atomic mass is 10.4. The minimum atomic E-state index is 0.540. The van der Waals surface area contributed by atoms with Crippen LogP contribution in [0.25, 0.3) is 0 Å². The molecule has 0 radical (unpaired) electrons. The second-order valence-electron chi connectivity index (χ2n) is 2.23. The lowest BCUT2D eigenvalue weighted by molar-refractivity contribution is 0.889. The van der Waals surface area contributed by atoms with E-state index >= 15 is 0 Å². The van der Waals surface area contributed by atoms with E-state index in [1.165, 1.54) is 0 Å². The molecule has 0 aliphatic heterocycles. The van der Waals surface area contributed by atoms with Crippen molar-refractivity contribution in [1.82, 2.24) is 9.97 Å². The number of thioether (sulfide) groups is 1. The second-order valence-corrected chi connectivity index (χ2v) is 3.90. The van der Waals surface area contributed by atoms with Crippen LogP contribution in [0.1, 0.15) is 19.7 Å². The minimum absolute atomic E-state index is 0.540. The summed E-state index contributed by atoms with van der Waals surface area (Å²) in [6.07, 6.45) is 0.831. The lowest BCUT2D eigenvalue weighted by Gasteiger charge is -2.00. The van der Waals surface area contributed by atoms with Crippen LogP contribution in [-0.2, 0) is 6.42 Å². The van der Waals surface area contributed by atoms with Crippen LogP contribution >= 0.6 is 23.4 Å². The number of aryl methyl sites for hydroxylation is 1. The van der Waals surface area contributed by atoms with Gasteiger partial charge in [-0.1, -0.05) is 25.4 Å². The van der Waals surface area contributed by atoms with E-state index in [0.717, 1.165) is 23.0 Å². The van der Waals surface area contributed by atoms with Gasteiger partial charge in [-0.05, 0) is 5.75 Å². The Labute approximate surface area is 81.8 Å². The predicted octanol–water partition coefficient (Wildman–Crippen LogP) is 2.80. The number of hydrogen-bond acceptors (Lipinski definition) is 3. The van der Waals surface area contributed by atoms with Crippen molar-refractivity contribution in [2.75, 3.05) is 5.75 Å². The zero-order valence-corrected chi connectivity index (χ0v) is 8.74. The topological polar surface area (TPSA) is 25.8 Å². The van der Waals surface area contributed by atoms with E-state index in [0.29, 0.717) is 5.15 Å². The van der Waals surface area contributed by atoms with E-state index in [9.17, 15) is 0 Å². The molecule has 0 atom stereocenters. The third kappa shape index (κ3) is 2.64. The standard InChI is InChI=1S/C8H11ClN2S/c1-3-7-10-6(9)5-8(11-7)12-4-2/h5H,3-4H2,1-2H3. The van der Waals surface area contributed by atoms with E-state index in [2.05, 4.69) is 16.9 Å². The highest BCUT2D eigenvalue weighted by molar-refractivity contribution is 7.99. The van der Waals surface area contributed by atoms with Crippen LogP contribution < -0.4 is 0 Å². The largest absolute Gasteiger partial charge is 0.227 e. The third-order valence-corrected chi connectivity index (χ3v) is 2.31. The van der Waals surface area contributed by atoms with Crippen molar-refractivity contribution in [2.24, 2.45) is 0 Å². The molecule has 0 saturated carbocycles. The summed E-state index contributed by atoms with van der Waals surface area (Å²) in [5.41, 5.74) is 0. The summed E-state index contributed by atoms with van der Waals surface area (Å²) in [5, 5.41) is 1.51. The van der Waals surface area contributed by atoms with Gasteiger partial charge in [-0.25, -0.2) is 9.97 Å². The zero-order valence-electron chi connectivity index (χ0n) is 7.17. The molecule has 1 aromatic rings. The maximum absolute atomic E-state index is 5.80. The van der Waals surface area contributed by atoms with Crippen molar-refractivity contribution in [1.29, 1.82) is 0 Å². The molecule has 1 heterocycles. The quantitative estimate of drug-likeness (QED) is 0.557. The molecule has 0 N–H and O–H groups in total. The van der Waals surface area contributed by atoms with E-state index in [4.69, 9.17) is 11.6 Å². The number of rotatable bonds is 3. The molecular formula is C8H11ClN2S. The molecule has 1 aromatic heterocycles. The first-order chi connectivity index (χ1) is 5.76. The maximum atomic E-state index is 5.80. The van der Waals surface area contributed by atoms with Crippen molar-refractivity contribution in [3.8, 4) is 0 Å². The molecule has 4 heteroatoms. The molecule has 0 amide bonds. The molecule has 0 aromatic carbocycles. The molecule has 0 aliphatic carbocycles. The first-order valence-electron chi connectivity index (χ1n) is 3.92. The highest BCUT2D eigenvalue weighted by atomic mass is 35.5. The van der Waals surface area contributed by atoms with Gasteiger partial charge in [0.1, 0.15) is 16.0 Å². The van der Waals surface area contributed by atoms with E-state index < -0.39 is 0 Å². The Balaban J connectivity index is 2.90. The Hall–Kier alpha value is -0.280. The fourth-order valence-electron chi connectivity index (χ4n) is 0.822. The van der Waals surface area contributed by atoms with Crippen LogP contribution in [0.15, 0.2) is 11.1 Å². The summed E-state index contributed by atoms with van der Waals surface area (Å²) in [4.78, 5) is 8.38. The van der Waals surface area contributed by atoms with Gasteiger partial charge < -0.3 is 0 Å². The van der Waals surface area contributed by atoms with E-state index in [1.807, 2.05) is 6.92 Å². The SMILES string of the molecule is CCSc1cc(Cl)nc(CC)n1. The third-order valence-electron chi connectivity index (χ3n) is 1.33. The van der Waals surface area contributed by atoms with Gasteiger partial charge in [0, 0.05) is 12.5 Å². The number of hydrogen-bond donors (Lipinski definition) is 0. The van der Waals surface area contributed by atoms with Gasteiger partial charge in [0.15, 0.2) is 0 Å². The molecule has 0 aliphatic rings. The monoisotopic (exact) mass is 202 g/mol. The fourth-order valence-corrected chi connectivity index (χ4v) is 1.75. The average molecular weight is 203 g/mol. The van der Waals surface area contributed by atoms with Crippen LogP contribution in [0.5, 0.6) is 0 Å². The van der Waals surface area contributed by atoms with Crippen molar-refractivity contribution >= 4 is 23.4 Å². The smallest absolute Gasteiger partial charge is 0.133 e. The first kappa shape index (κ1) is 9.81. The van der Waals surface area contributed by atoms with E-state index in [-0.39, 0.29) is 0 Å². The Morgan fingerprint density at radius 3 is 2.75 bits per heavy atom. The van der Waals surface area contributed by atoms with Crippen LogP contribution in [0.2, 0.25) is 5.15 Å². The molecule has 1 rings (SSSR count). The summed E-state index contributed by atoms with van der Waals surface area (Å²) in [7, 11) is 0. The normalized spacial score (nSPS) is 10.2. The summed E-state index contributed by atoms with van der Waals surface area (Å²) in [6, 6.07) is 1.80. The molecule has 0 fully saturated rings. The number of halogens is 1. The Bertz CT molecular complexity index is 265. The van der Waals surface area contributed by atoms with Crippen LogP contribution in [0.3, 0.4) is 0 Å². The Morgan fingerprint density at radius 1 is 1.42 bits per heavy atom. The van der Waals surface area contributed by atoms with Crippen LogP contribution in [0.4, 0.5) is 0 Å². The summed E-state index contributed by atoms with van der Waals surface area (Å²) >= 11 is 7.48. The average Bonchev–Trinajstić information content (AvgIpc) is 2.04. The highest BCUT2D eigenvalue weighted by Gasteiger charge is 2.00. The van der Waals surface area contributed by atoms with Gasteiger partial charge in [0.25, 0.3) is 0 Å². The summed E-state index contributed by atoms with van der Waals surface area (Å²) in [6.45, 7) is 4.11. The molecule has 66 valence electrons. The molecular weight excluding hydrogens is 192 g/mol. The fraction of sp³-hybridized carbons (Fsp3) is 0.500. The van der Waals surface area contributed by atoms with Crippen LogP contribution in [0, 0.1) is 0 Å². The number of aromatic nitrogens is 2. The molecule has 0 unspecified atom stereocenters. The van der Waals surface area contributed by atoms with Crippen molar-refractivity contribution in [2.45, 2.75) is 25.3 Å². The Morgan fingerprint density at radius 2 is 2.17 bits per heavy atom. The second kappa shape index (κ2) is 4.67. The molecule has 12 heavy (non-hydrogen) atoms. The summed E-state index contributed by atoms with van der Waals surface area (Å²) < 4.78 is 0. The highest BCUT2D eigenvalue weighted by Crippen LogP contribution is 2.18. The van der Waals surface area contributed by atoms with Gasteiger partial charge in [-0.15, -0.1) is 11.8 Å². The number of nitrogens with zero attached hydrogens (tertiary/aromatic N) is 2. The van der Waals surface area contributed by atoms with Crippen LogP contribution in [-0.4, -0.2) is 15.7 Å². The molecule has 0 bridgehead atoms. The molecule has 2 nitrogen and oxygen atoms in total. The summed E-state index contributed by atoms with van der Waals surface area (Å²) in [5.74, 6) is 1.83. The molecule has 0 spiro atoms. The van der Waals surface area contributed by atoms with Gasteiger partial charge in [0.2, 0.25) is 0 Å². The predicted molar refractivity (Wildman–Crippen MR) is 52.8 cm³/mol. The van der Waals surface area contributed by atoms with Gasteiger partial charge in [-0.2, -0.15) is 0 Å². The van der Waals surface area contributed by atoms with Crippen molar-refractivity contribution in [3.05, 3.63) is 17.0 Å². The van der Waals surface area contributed by atoms with Crippen molar-refractivity contribution in [3.63, 3.8) is 0 Å². The zero-order chi connectivity index (χ0) is 8.97. The van der Waals surface area contributed by atoms with E-state index in [1.54, 1.807) is 17.8 Å². The van der Waals surface area contributed by atoms with Gasteiger partial charge in [-0.3, -0.25) is 0 Å². The lowest BCUT2D eigenvalue weighted by Crippen LogP contribution is -1.94. The first-order valence-corrected chi connectivity index (χ1v) is 5.28. The Kier molecular flexibility index (Phi) is 3.82. The van der Waals surface area contributed by atoms with Crippen molar-refractivity contribution < 1.29 is 0 Å². The van der Waals surface area contributed by atoms with Gasteiger partial charge in [0.05, 0.1) is 0 Å². The minimum Gasteiger partial charge on any atom is -0.227 e. The maximum Gasteiger partial charge on any atom is 0.133 e. The molecule has 0 saturated heterocycles.